The molecule has 0 aliphatic heterocycles. The molecule has 19 heavy (non-hydrogen) atoms. The number of hydrogen-bond donors (Lipinski definition) is 0. The van der Waals surface area contributed by atoms with Crippen molar-refractivity contribution in [1.82, 2.24) is 9.97 Å². The summed E-state index contributed by atoms with van der Waals surface area (Å²) in [4.78, 5) is 17.6. The van der Waals surface area contributed by atoms with Gasteiger partial charge in [-0.1, -0.05) is 17.7 Å². The van der Waals surface area contributed by atoms with Crippen molar-refractivity contribution in [1.29, 1.82) is 0 Å². The lowest BCUT2D eigenvalue weighted by Gasteiger charge is -2.03. The number of aromatic nitrogens is 2. The Labute approximate surface area is 117 Å². The molecule has 5 nitrogen and oxygen atoms in total. The van der Waals surface area contributed by atoms with E-state index in [4.69, 9.17) is 23.2 Å². The Kier molecular flexibility index (Phi) is 3.92. The molecular weight excluding hydrogens is 296 g/mol. The third kappa shape index (κ3) is 3.15. The van der Waals surface area contributed by atoms with Gasteiger partial charge < -0.3 is 0 Å². The highest BCUT2D eigenvalue weighted by Crippen LogP contribution is 2.22. The molecule has 2 rings (SSSR count). The van der Waals surface area contributed by atoms with Gasteiger partial charge in [-0.25, -0.2) is 14.4 Å². The number of nitrogens with zero attached hydrogens (tertiary/aromatic N) is 3. The minimum Gasteiger partial charge on any atom is -0.258 e. The van der Waals surface area contributed by atoms with E-state index < -0.39 is 10.7 Å². The van der Waals surface area contributed by atoms with Gasteiger partial charge in [-0.3, -0.25) is 10.1 Å². The van der Waals surface area contributed by atoms with E-state index in [2.05, 4.69) is 9.97 Å². The molecule has 98 valence electrons. The van der Waals surface area contributed by atoms with Crippen LogP contribution in [0.15, 0.2) is 24.4 Å². The van der Waals surface area contributed by atoms with Crippen molar-refractivity contribution in [2.75, 3.05) is 0 Å². The first-order valence-electron chi connectivity index (χ1n) is 5.07. The van der Waals surface area contributed by atoms with Crippen molar-refractivity contribution >= 4 is 28.9 Å². The van der Waals surface area contributed by atoms with E-state index >= 15 is 0 Å². The fourth-order valence-corrected chi connectivity index (χ4v) is 1.78. The molecule has 1 heterocycles. The van der Waals surface area contributed by atoms with Gasteiger partial charge in [-0.15, -0.1) is 0 Å². The maximum Gasteiger partial charge on any atom is 0.309 e. The first kappa shape index (κ1) is 13.6. The Morgan fingerprint density at radius 2 is 2.11 bits per heavy atom. The summed E-state index contributed by atoms with van der Waals surface area (Å²) in [5.74, 6) is -0.595. The Morgan fingerprint density at radius 1 is 1.37 bits per heavy atom. The number of hydrogen-bond acceptors (Lipinski definition) is 4. The van der Waals surface area contributed by atoms with E-state index in [0.717, 1.165) is 6.20 Å². The monoisotopic (exact) mass is 301 g/mol. The first-order chi connectivity index (χ1) is 8.97. The summed E-state index contributed by atoms with van der Waals surface area (Å²) in [6.07, 6.45) is 1.09. The van der Waals surface area contributed by atoms with Crippen LogP contribution in [0, 0.1) is 15.9 Å². The van der Waals surface area contributed by atoms with Gasteiger partial charge in [0, 0.05) is 6.42 Å². The highest BCUT2D eigenvalue weighted by Gasteiger charge is 2.17. The molecular formula is C11H6Cl2FN3O2. The molecule has 2 aromatic rings. The topological polar surface area (TPSA) is 68.9 Å². The van der Waals surface area contributed by atoms with Crippen molar-refractivity contribution in [3.8, 4) is 0 Å². The van der Waals surface area contributed by atoms with Crippen LogP contribution < -0.4 is 0 Å². The predicted octanol–water partition coefficient (Wildman–Crippen LogP) is 3.42. The van der Waals surface area contributed by atoms with Crippen molar-refractivity contribution in [3.63, 3.8) is 0 Å². The summed E-state index contributed by atoms with van der Waals surface area (Å²) >= 11 is 11.2. The zero-order chi connectivity index (χ0) is 14.0. The van der Waals surface area contributed by atoms with Crippen molar-refractivity contribution < 1.29 is 9.31 Å². The Hall–Kier alpha value is -1.79. The molecule has 0 N–H and O–H groups in total. The quantitative estimate of drug-likeness (QED) is 0.495. The highest BCUT2D eigenvalue weighted by molar-refractivity contribution is 6.30. The fraction of sp³-hybridized carbons (Fsp3) is 0.0909. The summed E-state index contributed by atoms with van der Waals surface area (Å²) < 4.78 is 13.3. The molecule has 0 aliphatic rings. The summed E-state index contributed by atoms with van der Waals surface area (Å²) in [5, 5.41) is 10.7. The second-order valence-corrected chi connectivity index (χ2v) is 4.40. The van der Waals surface area contributed by atoms with E-state index in [-0.39, 0.29) is 28.1 Å². The number of rotatable bonds is 3. The minimum absolute atomic E-state index is 0.0148. The van der Waals surface area contributed by atoms with Crippen LogP contribution in [0.4, 0.5) is 10.1 Å². The average molecular weight is 302 g/mol. The fourth-order valence-electron chi connectivity index (χ4n) is 1.51. The lowest BCUT2D eigenvalue weighted by Crippen LogP contribution is -2.02. The maximum atomic E-state index is 13.3. The summed E-state index contributed by atoms with van der Waals surface area (Å²) in [7, 11) is 0. The van der Waals surface area contributed by atoms with Crippen molar-refractivity contribution in [3.05, 3.63) is 61.9 Å². The molecule has 0 saturated heterocycles. The molecule has 1 aromatic carbocycles. The second-order valence-electron chi connectivity index (χ2n) is 3.65. The normalized spacial score (nSPS) is 10.5. The van der Waals surface area contributed by atoms with Gasteiger partial charge in [0.1, 0.15) is 17.7 Å². The number of halogens is 3. The lowest BCUT2D eigenvalue weighted by atomic mass is 10.1. The van der Waals surface area contributed by atoms with Crippen LogP contribution in [0.25, 0.3) is 0 Å². The molecule has 0 fully saturated rings. The third-order valence-corrected chi connectivity index (χ3v) is 2.86. The Bertz CT molecular complexity index is 652. The van der Waals surface area contributed by atoms with Gasteiger partial charge in [-0.05, 0) is 29.3 Å². The molecule has 0 aliphatic carbocycles. The van der Waals surface area contributed by atoms with E-state index in [1.54, 1.807) is 6.07 Å². The van der Waals surface area contributed by atoms with Crippen molar-refractivity contribution in [2.45, 2.75) is 6.42 Å². The molecule has 0 saturated carbocycles. The van der Waals surface area contributed by atoms with E-state index in [1.165, 1.54) is 12.1 Å². The Balaban J connectivity index is 2.39. The smallest absolute Gasteiger partial charge is 0.258 e. The summed E-state index contributed by atoms with van der Waals surface area (Å²) in [6.45, 7) is 0. The molecule has 0 unspecified atom stereocenters. The van der Waals surface area contributed by atoms with Gasteiger partial charge in [0.05, 0.1) is 9.95 Å². The van der Waals surface area contributed by atoms with Crippen LogP contribution in [0.3, 0.4) is 0 Å². The largest absolute Gasteiger partial charge is 0.309 e. The average Bonchev–Trinajstić information content (AvgIpc) is 2.33. The van der Waals surface area contributed by atoms with Gasteiger partial charge in [0.25, 0.3) is 0 Å². The van der Waals surface area contributed by atoms with Gasteiger partial charge in [0.2, 0.25) is 5.28 Å². The molecule has 0 spiro atoms. The van der Waals surface area contributed by atoms with Gasteiger partial charge in [0.15, 0.2) is 0 Å². The molecule has 0 atom stereocenters. The highest BCUT2D eigenvalue weighted by atomic mass is 35.5. The predicted molar refractivity (Wildman–Crippen MR) is 67.9 cm³/mol. The van der Waals surface area contributed by atoms with Crippen molar-refractivity contribution in [2.24, 2.45) is 0 Å². The molecule has 8 heteroatoms. The van der Waals surface area contributed by atoms with Crippen LogP contribution >= 0.6 is 23.2 Å². The van der Waals surface area contributed by atoms with Crippen LogP contribution in [-0.4, -0.2) is 14.9 Å². The summed E-state index contributed by atoms with van der Waals surface area (Å²) in [6, 6.07) is 4.13. The van der Waals surface area contributed by atoms with Crippen LogP contribution in [0.5, 0.6) is 0 Å². The molecule has 0 radical (unpaired) electrons. The third-order valence-electron chi connectivity index (χ3n) is 2.37. The summed E-state index contributed by atoms with van der Waals surface area (Å²) in [5.41, 5.74) is 0.353. The molecule has 0 bridgehead atoms. The zero-order valence-corrected chi connectivity index (χ0v) is 10.8. The van der Waals surface area contributed by atoms with Crippen LogP contribution in [0.2, 0.25) is 10.3 Å². The number of benzene rings is 1. The minimum atomic E-state index is -0.613. The van der Waals surface area contributed by atoms with E-state index in [9.17, 15) is 14.5 Å². The lowest BCUT2D eigenvalue weighted by molar-refractivity contribution is -0.386. The van der Waals surface area contributed by atoms with Gasteiger partial charge in [-0.2, -0.15) is 0 Å². The van der Waals surface area contributed by atoms with E-state index in [1.807, 2.05) is 0 Å². The molecule has 1 aromatic heterocycles. The first-order valence-corrected chi connectivity index (χ1v) is 5.82. The van der Waals surface area contributed by atoms with E-state index in [0.29, 0.717) is 5.56 Å². The molecule has 0 amide bonds. The zero-order valence-electron chi connectivity index (χ0n) is 9.31. The van der Waals surface area contributed by atoms with Gasteiger partial charge >= 0.3 is 5.69 Å². The number of nitro groups is 1. The maximum absolute atomic E-state index is 13.3. The van der Waals surface area contributed by atoms with Crippen LogP contribution in [-0.2, 0) is 6.42 Å². The Morgan fingerprint density at radius 3 is 2.74 bits per heavy atom. The van der Waals surface area contributed by atoms with Crippen LogP contribution in [0.1, 0.15) is 11.3 Å². The SMILES string of the molecule is O=[N+]([O-])c1cnc(Cl)nc1Cc1ccc(Cl)c(F)c1. The second kappa shape index (κ2) is 5.46. The standard InChI is InChI=1S/C11H6Cl2FN3O2/c12-7-2-1-6(3-8(7)14)4-9-10(17(18)19)5-15-11(13)16-9/h1-3,5H,4H2.